The second-order valence-electron chi connectivity index (χ2n) is 6.05. The van der Waals surface area contributed by atoms with Gasteiger partial charge in [-0.1, -0.05) is 49.4 Å². The van der Waals surface area contributed by atoms with Gasteiger partial charge in [-0.25, -0.2) is 0 Å². The molecule has 0 aliphatic rings. The second kappa shape index (κ2) is 8.39. The van der Waals surface area contributed by atoms with Crippen LogP contribution in [0.15, 0.2) is 66.7 Å². The molecular formula is C22H23NO3. The fourth-order valence-electron chi connectivity index (χ4n) is 2.88. The molecular weight excluding hydrogens is 326 g/mol. The number of nitrogens with one attached hydrogen (secondary N) is 1. The van der Waals surface area contributed by atoms with Gasteiger partial charge in [-0.05, 0) is 47.0 Å². The van der Waals surface area contributed by atoms with Crippen LogP contribution in [0, 0.1) is 0 Å². The number of benzene rings is 3. The SMILES string of the molecule is CC[C@H](Oc1ccc(OC)cc1)C(=O)NCc1cccc2ccccc12. The Morgan fingerprint density at radius 2 is 1.65 bits per heavy atom. The average Bonchev–Trinajstić information content (AvgIpc) is 2.70. The molecule has 0 radical (unpaired) electrons. The highest BCUT2D eigenvalue weighted by Gasteiger charge is 2.18. The van der Waals surface area contributed by atoms with Gasteiger partial charge in [-0.2, -0.15) is 0 Å². The van der Waals surface area contributed by atoms with Gasteiger partial charge in [-0.15, -0.1) is 0 Å². The van der Waals surface area contributed by atoms with E-state index in [1.807, 2.05) is 43.3 Å². The van der Waals surface area contributed by atoms with E-state index >= 15 is 0 Å². The van der Waals surface area contributed by atoms with Crippen LogP contribution in [0.2, 0.25) is 0 Å². The van der Waals surface area contributed by atoms with Gasteiger partial charge >= 0.3 is 0 Å². The molecule has 0 aliphatic carbocycles. The summed E-state index contributed by atoms with van der Waals surface area (Å²) in [5, 5.41) is 5.32. The van der Waals surface area contributed by atoms with E-state index in [1.54, 1.807) is 19.2 Å². The summed E-state index contributed by atoms with van der Waals surface area (Å²) in [6.45, 7) is 2.41. The third-order valence-corrected chi connectivity index (χ3v) is 4.33. The fraction of sp³-hybridized carbons (Fsp3) is 0.227. The van der Waals surface area contributed by atoms with Crippen molar-refractivity contribution >= 4 is 16.7 Å². The van der Waals surface area contributed by atoms with Crippen molar-refractivity contribution in [3.63, 3.8) is 0 Å². The Balaban J connectivity index is 1.65. The highest BCUT2D eigenvalue weighted by molar-refractivity contribution is 5.86. The van der Waals surface area contributed by atoms with E-state index in [0.29, 0.717) is 18.7 Å². The van der Waals surface area contributed by atoms with E-state index in [0.717, 1.165) is 16.7 Å². The topological polar surface area (TPSA) is 47.6 Å². The van der Waals surface area contributed by atoms with Crippen molar-refractivity contribution in [3.05, 3.63) is 72.3 Å². The van der Waals surface area contributed by atoms with Gasteiger partial charge < -0.3 is 14.8 Å². The Hall–Kier alpha value is -3.01. The lowest BCUT2D eigenvalue weighted by molar-refractivity contribution is -0.128. The van der Waals surface area contributed by atoms with Gasteiger partial charge in [0, 0.05) is 6.54 Å². The zero-order valence-electron chi connectivity index (χ0n) is 15.1. The Morgan fingerprint density at radius 1 is 0.962 bits per heavy atom. The van der Waals surface area contributed by atoms with Crippen molar-refractivity contribution in [1.29, 1.82) is 0 Å². The summed E-state index contributed by atoms with van der Waals surface area (Å²) in [6, 6.07) is 21.5. The monoisotopic (exact) mass is 349 g/mol. The third-order valence-electron chi connectivity index (χ3n) is 4.33. The number of hydrogen-bond acceptors (Lipinski definition) is 3. The molecule has 1 atom stereocenters. The highest BCUT2D eigenvalue weighted by atomic mass is 16.5. The number of ether oxygens (including phenoxy) is 2. The Morgan fingerprint density at radius 3 is 2.38 bits per heavy atom. The van der Waals surface area contributed by atoms with Gasteiger partial charge in [0.2, 0.25) is 0 Å². The van der Waals surface area contributed by atoms with Crippen LogP contribution in [-0.4, -0.2) is 19.1 Å². The molecule has 4 nitrogen and oxygen atoms in total. The predicted molar refractivity (Wildman–Crippen MR) is 103 cm³/mol. The predicted octanol–water partition coefficient (Wildman–Crippen LogP) is 4.32. The molecule has 134 valence electrons. The second-order valence-corrected chi connectivity index (χ2v) is 6.05. The summed E-state index contributed by atoms with van der Waals surface area (Å²) in [7, 11) is 1.62. The fourth-order valence-corrected chi connectivity index (χ4v) is 2.88. The summed E-state index contributed by atoms with van der Waals surface area (Å²) in [6.07, 6.45) is 0.0614. The molecule has 0 heterocycles. The standard InChI is InChI=1S/C22H23NO3/c1-3-21(26-19-13-11-18(25-2)12-14-19)22(24)23-15-17-9-6-8-16-7-4-5-10-20(16)17/h4-14,21H,3,15H2,1-2H3,(H,23,24)/t21-/m0/s1. The average molecular weight is 349 g/mol. The van der Waals surface area contributed by atoms with Gasteiger partial charge in [0.25, 0.3) is 5.91 Å². The molecule has 0 saturated heterocycles. The molecule has 0 bridgehead atoms. The summed E-state index contributed by atoms with van der Waals surface area (Å²) < 4.78 is 11.0. The normalized spacial score (nSPS) is 11.8. The van der Waals surface area contributed by atoms with Crippen molar-refractivity contribution in [2.75, 3.05) is 7.11 Å². The lowest BCUT2D eigenvalue weighted by Gasteiger charge is -2.18. The van der Waals surface area contributed by atoms with E-state index in [1.165, 1.54) is 5.39 Å². The van der Waals surface area contributed by atoms with Crippen LogP contribution in [0.1, 0.15) is 18.9 Å². The zero-order chi connectivity index (χ0) is 18.4. The molecule has 3 aromatic rings. The molecule has 0 fully saturated rings. The maximum Gasteiger partial charge on any atom is 0.261 e. The number of hydrogen-bond donors (Lipinski definition) is 1. The number of fused-ring (bicyclic) bond motifs is 1. The highest BCUT2D eigenvalue weighted by Crippen LogP contribution is 2.20. The van der Waals surface area contributed by atoms with Gasteiger partial charge in [0.15, 0.2) is 6.10 Å². The molecule has 1 N–H and O–H groups in total. The quantitative estimate of drug-likeness (QED) is 0.691. The van der Waals surface area contributed by atoms with Crippen molar-refractivity contribution in [3.8, 4) is 11.5 Å². The number of carbonyl (C=O) groups is 1. The van der Waals surface area contributed by atoms with Gasteiger partial charge in [-0.3, -0.25) is 4.79 Å². The van der Waals surface area contributed by atoms with Crippen molar-refractivity contribution in [1.82, 2.24) is 5.32 Å². The van der Waals surface area contributed by atoms with E-state index in [4.69, 9.17) is 9.47 Å². The molecule has 0 aliphatic heterocycles. The number of carbonyl (C=O) groups excluding carboxylic acids is 1. The first-order chi connectivity index (χ1) is 12.7. The van der Waals surface area contributed by atoms with Crippen LogP contribution >= 0.6 is 0 Å². The molecule has 0 aromatic heterocycles. The first kappa shape index (κ1) is 17.8. The van der Waals surface area contributed by atoms with Crippen molar-refractivity contribution in [2.24, 2.45) is 0 Å². The van der Waals surface area contributed by atoms with Gasteiger partial charge in [0.1, 0.15) is 11.5 Å². The number of rotatable bonds is 7. The number of amides is 1. The Labute approximate surface area is 153 Å². The molecule has 1 amide bonds. The van der Waals surface area contributed by atoms with E-state index < -0.39 is 6.10 Å². The summed E-state index contributed by atoms with van der Waals surface area (Å²) >= 11 is 0. The Bertz CT molecular complexity index is 869. The third kappa shape index (κ3) is 4.14. The largest absolute Gasteiger partial charge is 0.497 e. The molecule has 0 unspecified atom stereocenters. The summed E-state index contributed by atoms with van der Waals surface area (Å²) in [4.78, 5) is 12.6. The lowest BCUT2D eigenvalue weighted by atomic mass is 10.0. The minimum absolute atomic E-state index is 0.115. The molecule has 0 saturated carbocycles. The van der Waals surface area contributed by atoms with E-state index in [9.17, 15) is 4.79 Å². The first-order valence-electron chi connectivity index (χ1n) is 8.76. The van der Waals surface area contributed by atoms with E-state index in [2.05, 4.69) is 23.5 Å². The first-order valence-corrected chi connectivity index (χ1v) is 8.76. The number of methoxy groups -OCH3 is 1. The summed E-state index contributed by atoms with van der Waals surface area (Å²) in [5.41, 5.74) is 1.09. The molecule has 3 rings (SSSR count). The summed E-state index contributed by atoms with van der Waals surface area (Å²) in [5.74, 6) is 1.29. The van der Waals surface area contributed by atoms with Crippen LogP contribution in [0.25, 0.3) is 10.8 Å². The lowest BCUT2D eigenvalue weighted by Crippen LogP contribution is -2.37. The van der Waals surface area contributed by atoms with Crippen LogP contribution in [0.5, 0.6) is 11.5 Å². The van der Waals surface area contributed by atoms with Crippen LogP contribution in [0.3, 0.4) is 0 Å². The van der Waals surface area contributed by atoms with Gasteiger partial charge in [0.05, 0.1) is 7.11 Å². The van der Waals surface area contributed by atoms with E-state index in [-0.39, 0.29) is 5.91 Å². The molecule has 4 heteroatoms. The minimum atomic E-state index is -0.529. The van der Waals surface area contributed by atoms with Crippen LogP contribution in [0.4, 0.5) is 0 Å². The van der Waals surface area contributed by atoms with Crippen LogP contribution in [-0.2, 0) is 11.3 Å². The van der Waals surface area contributed by atoms with Crippen molar-refractivity contribution < 1.29 is 14.3 Å². The Kier molecular flexibility index (Phi) is 5.74. The maximum atomic E-state index is 12.6. The van der Waals surface area contributed by atoms with Crippen molar-refractivity contribution in [2.45, 2.75) is 26.0 Å². The molecule has 3 aromatic carbocycles. The molecule has 0 spiro atoms. The zero-order valence-corrected chi connectivity index (χ0v) is 15.1. The minimum Gasteiger partial charge on any atom is -0.497 e. The maximum absolute atomic E-state index is 12.6. The molecule has 26 heavy (non-hydrogen) atoms. The smallest absolute Gasteiger partial charge is 0.261 e. The van der Waals surface area contributed by atoms with Crippen LogP contribution < -0.4 is 14.8 Å².